The van der Waals surface area contributed by atoms with E-state index >= 15 is 0 Å². The summed E-state index contributed by atoms with van der Waals surface area (Å²) in [7, 11) is 0. The second kappa shape index (κ2) is 2.32. The molecule has 3 rings (SSSR count). The Kier molecular flexibility index (Phi) is 1.51. The number of ether oxygens (including phenoxy) is 2. The van der Waals surface area contributed by atoms with Crippen molar-refractivity contribution in [1.82, 2.24) is 4.90 Å². The van der Waals surface area contributed by atoms with Crippen molar-refractivity contribution in [3.05, 3.63) is 0 Å². The molecule has 0 amide bonds. The van der Waals surface area contributed by atoms with Crippen LogP contribution < -0.4 is 0 Å². The fourth-order valence-corrected chi connectivity index (χ4v) is 3.38. The topological polar surface area (TPSA) is 41.9 Å². The highest BCUT2D eigenvalue weighted by atomic mass is 16.6. The first-order chi connectivity index (χ1) is 6.55. The summed E-state index contributed by atoms with van der Waals surface area (Å²) in [5.41, 5.74) is -0.706. The van der Waals surface area contributed by atoms with E-state index in [1.807, 2.05) is 0 Å². The molecule has 80 valence electrons. The third-order valence-electron chi connectivity index (χ3n) is 4.07. The van der Waals surface area contributed by atoms with Crippen LogP contribution in [0.25, 0.3) is 0 Å². The van der Waals surface area contributed by atoms with Gasteiger partial charge in [0.25, 0.3) is 0 Å². The summed E-state index contributed by atoms with van der Waals surface area (Å²) in [5, 5.41) is 9.52. The van der Waals surface area contributed by atoms with E-state index in [1.165, 1.54) is 0 Å². The Hall–Kier alpha value is -0.160. The minimum Gasteiger partial charge on any atom is -0.394 e. The Balaban J connectivity index is 2.08. The van der Waals surface area contributed by atoms with Crippen molar-refractivity contribution >= 4 is 0 Å². The van der Waals surface area contributed by atoms with Crippen LogP contribution in [-0.2, 0) is 9.47 Å². The molecule has 0 spiro atoms. The predicted octanol–water partition coefficient (Wildman–Crippen LogP) is 0.306. The third kappa shape index (κ3) is 0.795. The fourth-order valence-electron chi connectivity index (χ4n) is 3.38. The van der Waals surface area contributed by atoms with Crippen LogP contribution in [0, 0.1) is 0 Å². The summed E-state index contributed by atoms with van der Waals surface area (Å²) in [6.07, 6.45) is 1.98. The Morgan fingerprint density at radius 1 is 1.14 bits per heavy atom. The standard InChI is InChI=1S/C10H17NO3/c1-8-3-4-9(2)11(8)10(5-12,6-13-8)7-14-9/h12H,3-7H2,1-2H3/t8-,9+,10?. The molecule has 3 heterocycles. The minimum atomic E-state index is -0.278. The molecule has 4 heteroatoms. The SMILES string of the molecule is C[C@]12CC[C@]3(C)OCC(CO)(CO1)N23. The van der Waals surface area contributed by atoms with E-state index in [2.05, 4.69) is 18.7 Å². The first-order valence-electron chi connectivity index (χ1n) is 5.24. The van der Waals surface area contributed by atoms with Crippen molar-refractivity contribution in [1.29, 1.82) is 0 Å². The molecule has 0 aromatic rings. The molecule has 0 aromatic heterocycles. The van der Waals surface area contributed by atoms with Gasteiger partial charge in [-0.3, -0.25) is 0 Å². The number of nitrogens with zero attached hydrogens (tertiary/aromatic N) is 1. The van der Waals surface area contributed by atoms with E-state index in [1.54, 1.807) is 0 Å². The smallest absolute Gasteiger partial charge is 0.122 e. The van der Waals surface area contributed by atoms with Crippen LogP contribution in [-0.4, -0.2) is 46.8 Å². The van der Waals surface area contributed by atoms with Crippen LogP contribution in [0.4, 0.5) is 0 Å². The molecule has 0 aromatic carbocycles. The Morgan fingerprint density at radius 3 is 2.07 bits per heavy atom. The van der Waals surface area contributed by atoms with Crippen molar-refractivity contribution in [2.75, 3.05) is 19.8 Å². The summed E-state index contributed by atoms with van der Waals surface area (Å²) in [4.78, 5) is 2.26. The molecule has 0 saturated carbocycles. The molecule has 1 N–H and O–H groups in total. The number of hydrogen-bond donors (Lipinski definition) is 1. The molecule has 3 saturated heterocycles. The Morgan fingerprint density at radius 2 is 1.64 bits per heavy atom. The largest absolute Gasteiger partial charge is 0.394 e. The molecule has 3 fully saturated rings. The van der Waals surface area contributed by atoms with Gasteiger partial charge in [0.15, 0.2) is 0 Å². The zero-order valence-corrected chi connectivity index (χ0v) is 8.75. The molecule has 0 aliphatic carbocycles. The lowest BCUT2D eigenvalue weighted by molar-refractivity contribution is -0.125. The zero-order chi connectivity index (χ0) is 10.0. The molecule has 1 unspecified atom stereocenters. The quantitative estimate of drug-likeness (QED) is 0.660. The van der Waals surface area contributed by atoms with Gasteiger partial charge in [-0.15, -0.1) is 0 Å². The average Bonchev–Trinajstić information content (AvgIpc) is 2.72. The van der Waals surface area contributed by atoms with E-state index in [4.69, 9.17) is 9.47 Å². The summed E-state index contributed by atoms with van der Waals surface area (Å²) >= 11 is 0. The number of hydrogen-bond acceptors (Lipinski definition) is 4. The molecule has 0 bridgehead atoms. The van der Waals surface area contributed by atoms with Gasteiger partial charge in [-0.1, -0.05) is 0 Å². The van der Waals surface area contributed by atoms with Gasteiger partial charge >= 0.3 is 0 Å². The van der Waals surface area contributed by atoms with E-state index in [9.17, 15) is 5.11 Å². The number of aliphatic hydroxyl groups is 1. The van der Waals surface area contributed by atoms with E-state index < -0.39 is 0 Å². The van der Waals surface area contributed by atoms with Crippen LogP contribution in [0.5, 0.6) is 0 Å². The van der Waals surface area contributed by atoms with Crippen molar-refractivity contribution < 1.29 is 14.6 Å². The van der Waals surface area contributed by atoms with Crippen LogP contribution in [0.15, 0.2) is 0 Å². The number of rotatable bonds is 1. The van der Waals surface area contributed by atoms with Gasteiger partial charge in [0.05, 0.1) is 25.4 Å². The normalized spacial score (nSPS) is 56.8. The molecule has 3 atom stereocenters. The second-order valence-corrected chi connectivity index (χ2v) is 5.15. The second-order valence-electron chi connectivity index (χ2n) is 5.15. The Bertz CT molecular complexity index is 261. The van der Waals surface area contributed by atoms with Crippen molar-refractivity contribution in [3.63, 3.8) is 0 Å². The van der Waals surface area contributed by atoms with Crippen LogP contribution in [0.2, 0.25) is 0 Å². The molecule has 0 radical (unpaired) electrons. The highest BCUT2D eigenvalue weighted by Gasteiger charge is 2.68. The molecular formula is C10H17NO3. The van der Waals surface area contributed by atoms with Crippen molar-refractivity contribution in [2.45, 2.75) is 43.7 Å². The summed E-state index contributed by atoms with van der Waals surface area (Å²) in [6, 6.07) is 0. The van der Waals surface area contributed by atoms with Gasteiger partial charge in [0.2, 0.25) is 0 Å². The Labute approximate surface area is 83.8 Å². The van der Waals surface area contributed by atoms with E-state index in [0.717, 1.165) is 12.8 Å². The average molecular weight is 199 g/mol. The van der Waals surface area contributed by atoms with Crippen LogP contribution in [0.3, 0.4) is 0 Å². The maximum atomic E-state index is 9.52. The third-order valence-corrected chi connectivity index (χ3v) is 4.07. The summed E-state index contributed by atoms with van der Waals surface area (Å²) in [5.74, 6) is 0. The van der Waals surface area contributed by atoms with Gasteiger partial charge in [0.1, 0.15) is 11.4 Å². The monoisotopic (exact) mass is 199 g/mol. The number of aliphatic hydroxyl groups excluding tert-OH is 1. The minimum absolute atomic E-state index is 0.123. The molecule has 3 aliphatic heterocycles. The van der Waals surface area contributed by atoms with E-state index in [-0.39, 0.29) is 23.6 Å². The van der Waals surface area contributed by atoms with Gasteiger partial charge in [0, 0.05) is 0 Å². The van der Waals surface area contributed by atoms with Gasteiger partial charge in [-0.05, 0) is 26.7 Å². The fraction of sp³-hybridized carbons (Fsp3) is 1.00. The van der Waals surface area contributed by atoms with Crippen molar-refractivity contribution in [3.8, 4) is 0 Å². The summed E-state index contributed by atoms with van der Waals surface area (Å²) in [6.45, 7) is 5.51. The predicted molar refractivity (Wildman–Crippen MR) is 49.6 cm³/mol. The lowest BCUT2D eigenvalue weighted by Gasteiger charge is -2.37. The highest BCUT2D eigenvalue weighted by molar-refractivity contribution is 5.14. The molecule has 4 nitrogen and oxygen atoms in total. The maximum Gasteiger partial charge on any atom is 0.122 e. The highest BCUT2D eigenvalue weighted by Crippen LogP contribution is 2.55. The van der Waals surface area contributed by atoms with Gasteiger partial charge < -0.3 is 14.6 Å². The molecule has 14 heavy (non-hydrogen) atoms. The maximum absolute atomic E-state index is 9.52. The zero-order valence-electron chi connectivity index (χ0n) is 8.75. The van der Waals surface area contributed by atoms with Crippen LogP contribution in [0.1, 0.15) is 26.7 Å². The lowest BCUT2D eigenvalue weighted by Crippen LogP contribution is -2.55. The first kappa shape index (κ1) is 9.09. The van der Waals surface area contributed by atoms with Gasteiger partial charge in [-0.2, -0.15) is 0 Å². The van der Waals surface area contributed by atoms with Crippen LogP contribution >= 0.6 is 0 Å². The molecule has 3 aliphatic rings. The first-order valence-corrected chi connectivity index (χ1v) is 5.24. The van der Waals surface area contributed by atoms with E-state index in [0.29, 0.717) is 13.2 Å². The van der Waals surface area contributed by atoms with Gasteiger partial charge in [-0.25, -0.2) is 4.90 Å². The summed E-state index contributed by atoms with van der Waals surface area (Å²) < 4.78 is 11.7. The van der Waals surface area contributed by atoms with Crippen molar-refractivity contribution in [2.24, 2.45) is 0 Å². The molecular weight excluding hydrogens is 182 g/mol. The lowest BCUT2D eigenvalue weighted by atomic mass is 10.0.